The molecule has 0 radical (unpaired) electrons. The Kier molecular flexibility index (Phi) is 9.14. The summed E-state index contributed by atoms with van der Waals surface area (Å²) >= 11 is 6.59. The Bertz CT molecular complexity index is 1120. The summed E-state index contributed by atoms with van der Waals surface area (Å²) in [5.74, 6) is 0.843. The predicted octanol–water partition coefficient (Wildman–Crippen LogP) is 6.29. The molecule has 1 aliphatic heterocycles. The van der Waals surface area contributed by atoms with E-state index in [4.69, 9.17) is 30.5 Å². The molecule has 0 bridgehead atoms. The van der Waals surface area contributed by atoms with Gasteiger partial charge in [0.1, 0.15) is 12.4 Å². The van der Waals surface area contributed by atoms with Gasteiger partial charge >= 0.3 is 0 Å². The van der Waals surface area contributed by atoms with Crippen molar-refractivity contribution in [2.45, 2.75) is 63.1 Å². The number of benzene rings is 3. The summed E-state index contributed by atoms with van der Waals surface area (Å²) in [5.41, 5.74) is 4.40. The maximum absolute atomic E-state index is 9.85. The summed E-state index contributed by atoms with van der Waals surface area (Å²) in [6.07, 6.45) is 4.54. The highest BCUT2D eigenvalue weighted by Gasteiger charge is 2.31. The maximum Gasteiger partial charge on any atom is 0.119 e. The fourth-order valence-corrected chi connectivity index (χ4v) is 4.88. The van der Waals surface area contributed by atoms with Crippen LogP contribution in [0.25, 0.3) is 0 Å². The van der Waals surface area contributed by atoms with Crippen molar-refractivity contribution in [2.75, 3.05) is 19.8 Å². The first-order chi connectivity index (χ1) is 18.2. The Morgan fingerprint density at radius 2 is 1.65 bits per heavy atom. The van der Waals surface area contributed by atoms with Crippen LogP contribution in [0.15, 0.2) is 72.8 Å². The molecule has 0 aromatic heterocycles. The summed E-state index contributed by atoms with van der Waals surface area (Å²) in [6, 6.07) is 24.4. The second-order valence-corrected chi connectivity index (χ2v) is 10.3. The zero-order valence-electron chi connectivity index (χ0n) is 21.1. The van der Waals surface area contributed by atoms with Gasteiger partial charge in [-0.1, -0.05) is 66.2 Å². The van der Waals surface area contributed by atoms with E-state index in [1.807, 2.05) is 42.5 Å². The normalized spacial score (nSPS) is 21.6. The van der Waals surface area contributed by atoms with E-state index in [1.165, 1.54) is 12.8 Å². The van der Waals surface area contributed by atoms with Crippen LogP contribution < -0.4 is 4.74 Å². The third kappa shape index (κ3) is 7.79. The van der Waals surface area contributed by atoms with Crippen LogP contribution in [0.3, 0.4) is 0 Å². The van der Waals surface area contributed by atoms with Crippen molar-refractivity contribution in [1.29, 1.82) is 0 Å². The Morgan fingerprint density at radius 1 is 0.838 bits per heavy atom. The minimum atomic E-state index is -0.249. The molecule has 5 nitrogen and oxygen atoms in total. The van der Waals surface area contributed by atoms with Crippen molar-refractivity contribution in [2.24, 2.45) is 0 Å². The minimum absolute atomic E-state index is 0.0115. The van der Waals surface area contributed by atoms with Crippen LogP contribution in [0.2, 0.25) is 5.02 Å². The third-order valence-corrected chi connectivity index (χ3v) is 7.25. The van der Waals surface area contributed by atoms with Gasteiger partial charge in [-0.15, -0.1) is 0 Å². The van der Waals surface area contributed by atoms with E-state index in [1.54, 1.807) is 0 Å². The molecule has 37 heavy (non-hydrogen) atoms. The van der Waals surface area contributed by atoms with Crippen LogP contribution in [-0.4, -0.2) is 43.2 Å². The molecular weight excluding hydrogens is 488 g/mol. The van der Waals surface area contributed by atoms with Crippen molar-refractivity contribution >= 4 is 11.6 Å². The first-order valence-electron chi connectivity index (χ1n) is 13.2. The summed E-state index contributed by atoms with van der Waals surface area (Å²) in [7, 11) is 0. The molecule has 3 unspecified atom stereocenters. The highest BCUT2D eigenvalue weighted by Crippen LogP contribution is 2.35. The Labute approximate surface area is 224 Å². The molecule has 1 N–H and O–H groups in total. The molecule has 0 spiro atoms. The van der Waals surface area contributed by atoms with Crippen molar-refractivity contribution in [3.8, 4) is 5.75 Å². The Balaban J connectivity index is 1.20. The Morgan fingerprint density at radius 3 is 2.41 bits per heavy atom. The number of rotatable bonds is 12. The van der Waals surface area contributed by atoms with Gasteiger partial charge < -0.3 is 24.1 Å². The fourth-order valence-electron chi connectivity index (χ4n) is 4.69. The second-order valence-electron chi connectivity index (χ2n) is 9.91. The van der Waals surface area contributed by atoms with Gasteiger partial charge in [-0.05, 0) is 59.7 Å². The van der Waals surface area contributed by atoms with Crippen molar-refractivity contribution in [1.82, 2.24) is 0 Å². The van der Waals surface area contributed by atoms with E-state index < -0.39 is 0 Å². The van der Waals surface area contributed by atoms with Crippen LogP contribution in [0.4, 0.5) is 0 Å². The molecule has 1 heterocycles. The smallest absolute Gasteiger partial charge is 0.119 e. The molecule has 5 rings (SSSR count). The molecule has 2 aliphatic rings. The lowest BCUT2D eigenvalue weighted by molar-refractivity contribution is -0.133. The van der Waals surface area contributed by atoms with Gasteiger partial charge in [0.05, 0.1) is 44.2 Å². The zero-order valence-corrected chi connectivity index (χ0v) is 21.8. The first kappa shape index (κ1) is 26.2. The lowest BCUT2D eigenvalue weighted by Crippen LogP contribution is -2.35. The molecule has 2 fully saturated rings. The average Bonchev–Trinajstić information content (AvgIpc) is 3.77. The largest absolute Gasteiger partial charge is 0.491 e. The monoisotopic (exact) mass is 522 g/mol. The number of hydrogen-bond acceptors (Lipinski definition) is 5. The standard InChI is InChI=1S/C31H35ClO5/c32-30-13-8-24(31-19-28(18-29(20-33)37-31)36-21-23-4-2-1-3-5-23)17-25(30)16-22-6-9-26(10-7-22)34-14-15-35-27-11-12-27/h1-10,13,17,27-29,31,33H,11-12,14-16,18-21H2. The molecule has 1 saturated carbocycles. The number of halogens is 1. The van der Waals surface area contributed by atoms with Crippen molar-refractivity contribution in [3.05, 3.63) is 100 Å². The first-order valence-corrected chi connectivity index (χ1v) is 13.6. The van der Waals surface area contributed by atoms with E-state index in [9.17, 15) is 5.11 Å². The van der Waals surface area contributed by atoms with Crippen LogP contribution >= 0.6 is 11.6 Å². The lowest BCUT2D eigenvalue weighted by atomic mass is 9.94. The van der Waals surface area contributed by atoms with E-state index in [-0.39, 0.29) is 24.9 Å². The molecule has 3 aromatic rings. The maximum atomic E-state index is 9.85. The molecular formula is C31H35ClO5. The quantitative estimate of drug-likeness (QED) is 0.283. The topological polar surface area (TPSA) is 57.2 Å². The molecule has 3 atom stereocenters. The van der Waals surface area contributed by atoms with Crippen molar-refractivity contribution < 1.29 is 24.1 Å². The van der Waals surface area contributed by atoms with Crippen LogP contribution in [0, 0.1) is 0 Å². The molecule has 1 aliphatic carbocycles. The zero-order chi connectivity index (χ0) is 25.5. The fraction of sp³-hybridized carbons (Fsp3) is 0.419. The van der Waals surface area contributed by atoms with Crippen LogP contribution in [0.5, 0.6) is 5.75 Å². The van der Waals surface area contributed by atoms with Gasteiger partial charge in [-0.25, -0.2) is 0 Å². The van der Waals surface area contributed by atoms with E-state index in [2.05, 4.69) is 30.3 Å². The molecule has 196 valence electrons. The van der Waals surface area contributed by atoms with E-state index in [0.29, 0.717) is 38.8 Å². The second kappa shape index (κ2) is 12.9. The summed E-state index contributed by atoms with van der Waals surface area (Å²) in [5, 5.41) is 10.6. The average molecular weight is 523 g/mol. The number of ether oxygens (including phenoxy) is 4. The number of aliphatic hydroxyl groups excluding tert-OH is 1. The summed E-state index contributed by atoms with van der Waals surface area (Å²) in [6.45, 7) is 1.72. The SMILES string of the molecule is OCC1CC(OCc2ccccc2)CC(c2ccc(Cl)c(Cc3ccc(OCCOC4CC4)cc3)c2)O1. The number of aliphatic hydroxyl groups is 1. The van der Waals surface area contributed by atoms with Gasteiger partial charge in [-0.2, -0.15) is 0 Å². The molecule has 0 amide bonds. The van der Waals surface area contributed by atoms with E-state index >= 15 is 0 Å². The molecule has 3 aromatic carbocycles. The third-order valence-electron chi connectivity index (χ3n) is 6.88. The Hall–Kier alpha value is -2.41. The van der Waals surface area contributed by atoms with Crippen LogP contribution in [0.1, 0.15) is 54.0 Å². The predicted molar refractivity (Wildman–Crippen MR) is 144 cm³/mol. The van der Waals surface area contributed by atoms with Gasteiger partial charge in [0, 0.05) is 17.9 Å². The summed E-state index contributed by atoms with van der Waals surface area (Å²) < 4.78 is 23.9. The summed E-state index contributed by atoms with van der Waals surface area (Å²) in [4.78, 5) is 0. The van der Waals surface area contributed by atoms with Gasteiger partial charge in [0.15, 0.2) is 0 Å². The van der Waals surface area contributed by atoms with Gasteiger partial charge in [0.25, 0.3) is 0 Å². The van der Waals surface area contributed by atoms with Crippen LogP contribution in [-0.2, 0) is 27.2 Å². The molecule has 6 heteroatoms. The number of hydrogen-bond donors (Lipinski definition) is 1. The lowest BCUT2D eigenvalue weighted by Gasteiger charge is -2.35. The molecule has 1 saturated heterocycles. The highest BCUT2D eigenvalue weighted by molar-refractivity contribution is 6.31. The van der Waals surface area contributed by atoms with Gasteiger partial charge in [0.2, 0.25) is 0 Å². The van der Waals surface area contributed by atoms with Crippen molar-refractivity contribution in [3.63, 3.8) is 0 Å². The highest BCUT2D eigenvalue weighted by atomic mass is 35.5. The van der Waals surface area contributed by atoms with Gasteiger partial charge in [-0.3, -0.25) is 0 Å². The minimum Gasteiger partial charge on any atom is -0.491 e. The van der Waals surface area contributed by atoms with E-state index in [0.717, 1.165) is 39.4 Å².